The molecule has 0 spiro atoms. The van der Waals surface area contributed by atoms with E-state index < -0.39 is 5.97 Å². The predicted octanol–water partition coefficient (Wildman–Crippen LogP) is 0.876. The second-order valence-corrected chi connectivity index (χ2v) is 3.71. The molecule has 2 heterocycles. The molecule has 0 bridgehead atoms. The van der Waals surface area contributed by atoms with Gasteiger partial charge in [0.1, 0.15) is 0 Å². The zero-order valence-electron chi connectivity index (χ0n) is 9.39. The molecular formula is C11H11N3O3. The predicted molar refractivity (Wildman–Crippen MR) is 60.6 cm³/mol. The van der Waals surface area contributed by atoms with E-state index in [1.54, 1.807) is 13.8 Å². The summed E-state index contributed by atoms with van der Waals surface area (Å²) in [4.78, 5) is 26.6. The Balaban J connectivity index is 2.61. The molecule has 0 atom stereocenters. The SMILES string of the molecule is Cc1[nH]n(-c2cc(C(=O)O)ccn2)c(=O)c1C. The molecule has 0 aliphatic carbocycles. The molecule has 2 rings (SSSR count). The summed E-state index contributed by atoms with van der Waals surface area (Å²) < 4.78 is 1.23. The van der Waals surface area contributed by atoms with Crippen molar-refractivity contribution in [2.24, 2.45) is 0 Å². The molecule has 0 amide bonds. The molecule has 17 heavy (non-hydrogen) atoms. The number of hydrogen-bond donors (Lipinski definition) is 2. The van der Waals surface area contributed by atoms with E-state index in [0.717, 1.165) is 5.69 Å². The lowest BCUT2D eigenvalue weighted by Gasteiger charge is -2.01. The average Bonchev–Trinajstić information content (AvgIpc) is 2.57. The largest absolute Gasteiger partial charge is 0.478 e. The fraction of sp³-hybridized carbons (Fsp3) is 0.182. The van der Waals surface area contributed by atoms with E-state index in [1.165, 1.54) is 23.0 Å². The van der Waals surface area contributed by atoms with Gasteiger partial charge in [0.2, 0.25) is 0 Å². The highest BCUT2D eigenvalue weighted by atomic mass is 16.4. The number of carboxylic acid groups (broad SMARTS) is 1. The molecule has 2 N–H and O–H groups in total. The standard InChI is InChI=1S/C11H11N3O3/c1-6-7(2)13-14(10(6)15)9-5-8(11(16)17)3-4-12-9/h3-5,13H,1-2H3,(H,16,17). The highest BCUT2D eigenvalue weighted by Gasteiger charge is 2.11. The van der Waals surface area contributed by atoms with Crippen LogP contribution in [0.4, 0.5) is 0 Å². The Hall–Kier alpha value is -2.37. The summed E-state index contributed by atoms with van der Waals surface area (Å²) in [5.74, 6) is -0.784. The highest BCUT2D eigenvalue weighted by Crippen LogP contribution is 2.06. The summed E-state index contributed by atoms with van der Waals surface area (Å²) >= 11 is 0. The monoisotopic (exact) mass is 233 g/mol. The molecule has 88 valence electrons. The summed E-state index contributed by atoms with van der Waals surface area (Å²) in [6, 6.07) is 2.72. The number of rotatable bonds is 2. The quantitative estimate of drug-likeness (QED) is 0.805. The minimum atomic E-state index is -1.05. The van der Waals surface area contributed by atoms with Crippen LogP contribution in [-0.2, 0) is 0 Å². The van der Waals surface area contributed by atoms with E-state index in [4.69, 9.17) is 5.11 Å². The van der Waals surface area contributed by atoms with E-state index in [-0.39, 0.29) is 16.9 Å². The lowest BCUT2D eigenvalue weighted by Crippen LogP contribution is -2.17. The van der Waals surface area contributed by atoms with Gasteiger partial charge in [-0.3, -0.25) is 9.89 Å². The number of carbonyl (C=O) groups is 1. The number of aryl methyl sites for hydroxylation is 1. The van der Waals surface area contributed by atoms with Crippen molar-refractivity contribution in [3.05, 3.63) is 45.5 Å². The van der Waals surface area contributed by atoms with Crippen molar-refractivity contribution in [2.45, 2.75) is 13.8 Å². The van der Waals surface area contributed by atoms with Crippen molar-refractivity contribution in [3.63, 3.8) is 0 Å². The number of carboxylic acids is 1. The number of nitrogens with one attached hydrogen (secondary N) is 1. The first-order valence-corrected chi connectivity index (χ1v) is 4.98. The van der Waals surface area contributed by atoms with E-state index in [9.17, 15) is 9.59 Å². The smallest absolute Gasteiger partial charge is 0.335 e. The number of nitrogens with zero attached hydrogens (tertiary/aromatic N) is 2. The van der Waals surface area contributed by atoms with Crippen LogP contribution in [0.25, 0.3) is 5.82 Å². The molecule has 0 fully saturated rings. The van der Waals surface area contributed by atoms with Gasteiger partial charge in [-0.1, -0.05) is 0 Å². The fourth-order valence-electron chi connectivity index (χ4n) is 1.47. The topological polar surface area (TPSA) is 88.0 Å². The first kappa shape index (κ1) is 11.1. The minimum Gasteiger partial charge on any atom is -0.478 e. The lowest BCUT2D eigenvalue weighted by molar-refractivity contribution is 0.0696. The molecule has 6 heteroatoms. The van der Waals surface area contributed by atoms with Crippen LogP contribution in [0.3, 0.4) is 0 Å². The molecule has 0 radical (unpaired) electrons. The first-order valence-electron chi connectivity index (χ1n) is 4.98. The number of hydrogen-bond acceptors (Lipinski definition) is 3. The second-order valence-electron chi connectivity index (χ2n) is 3.71. The normalized spacial score (nSPS) is 10.5. The summed E-state index contributed by atoms with van der Waals surface area (Å²) in [6.07, 6.45) is 1.36. The van der Waals surface area contributed by atoms with Gasteiger partial charge in [-0.05, 0) is 26.0 Å². The molecule has 0 aliphatic heterocycles. The van der Waals surface area contributed by atoms with Crippen LogP contribution in [0.2, 0.25) is 0 Å². The summed E-state index contributed by atoms with van der Waals surface area (Å²) in [7, 11) is 0. The Bertz CT molecular complexity index is 640. The van der Waals surface area contributed by atoms with Crippen molar-refractivity contribution in [1.82, 2.24) is 14.8 Å². The van der Waals surface area contributed by atoms with Gasteiger partial charge in [0.15, 0.2) is 5.82 Å². The Morgan fingerprint density at radius 2 is 2.18 bits per heavy atom. The highest BCUT2D eigenvalue weighted by molar-refractivity contribution is 5.87. The number of H-pyrrole nitrogens is 1. The molecule has 0 unspecified atom stereocenters. The van der Waals surface area contributed by atoms with Gasteiger partial charge in [-0.25, -0.2) is 14.5 Å². The molecule has 2 aromatic heterocycles. The number of aromatic nitrogens is 3. The van der Waals surface area contributed by atoms with Gasteiger partial charge >= 0.3 is 5.97 Å². The van der Waals surface area contributed by atoms with Gasteiger partial charge in [0.25, 0.3) is 5.56 Å². The van der Waals surface area contributed by atoms with Gasteiger partial charge in [0.05, 0.1) is 5.56 Å². The Labute approximate surface area is 96.5 Å². The number of aromatic carboxylic acids is 1. The molecule has 0 saturated heterocycles. The van der Waals surface area contributed by atoms with Crippen molar-refractivity contribution in [1.29, 1.82) is 0 Å². The van der Waals surface area contributed by atoms with Crippen LogP contribution in [0.5, 0.6) is 0 Å². The average molecular weight is 233 g/mol. The van der Waals surface area contributed by atoms with E-state index in [2.05, 4.69) is 10.1 Å². The zero-order chi connectivity index (χ0) is 12.6. The first-order chi connectivity index (χ1) is 8.00. The van der Waals surface area contributed by atoms with Gasteiger partial charge in [0, 0.05) is 17.5 Å². The lowest BCUT2D eigenvalue weighted by atomic mass is 10.2. The fourth-order valence-corrected chi connectivity index (χ4v) is 1.47. The van der Waals surface area contributed by atoms with Crippen LogP contribution in [-0.4, -0.2) is 25.8 Å². The van der Waals surface area contributed by atoms with Crippen LogP contribution < -0.4 is 5.56 Å². The van der Waals surface area contributed by atoms with Crippen molar-refractivity contribution < 1.29 is 9.90 Å². The number of aromatic amines is 1. The van der Waals surface area contributed by atoms with Crippen molar-refractivity contribution in [2.75, 3.05) is 0 Å². The van der Waals surface area contributed by atoms with Crippen molar-refractivity contribution in [3.8, 4) is 5.82 Å². The Morgan fingerprint density at radius 3 is 2.71 bits per heavy atom. The van der Waals surface area contributed by atoms with Crippen LogP contribution in [0.15, 0.2) is 23.1 Å². The third kappa shape index (κ3) is 1.84. The Morgan fingerprint density at radius 1 is 1.47 bits per heavy atom. The third-order valence-corrected chi connectivity index (χ3v) is 2.59. The van der Waals surface area contributed by atoms with Crippen molar-refractivity contribution >= 4 is 5.97 Å². The maximum Gasteiger partial charge on any atom is 0.335 e. The maximum absolute atomic E-state index is 11.8. The molecular weight excluding hydrogens is 222 g/mol. The molecule has 2 aromatic rings. The maximum atomic E-state index is 11.8. The molecule has 0 aliphatic rings. The summed E-state index contributed by atoms with van der Waals surface area (Å²) in [6.45, 7) is 3.47. The molecule has 0 aromatic carbocycles. The van der Waals surface area contributed by atoms with Crippen LogP contribution in [0, 0.1) is 13.8 Å². The summed E-state index contributed by atoms with van der Waals surface area (Å²) in [5, 5.41) is 11.7. The minimum absolute atomic E-state index is 0.0896. The Kier molecular flexibility index (Phi) is 2.55. The van der Waals surface area contributed by atoms with Gasteiger partial charge < -0.3 is 5.11 Å². The van der Waals surface area contributed by atoms with E-state index in [1.807, 2.05) is 0 Å². The van der Waals surface area contributed by atoms with Gasteiger partial charge in [-0.15, -0.1) is 0 Å². The number of pyridine rings is 1. The zero-order valence-corrected chi connectivity index (χ0v) is 9.39. The van der Waals surface area contributed by atoms with Crippen LogP contribution >= 0.6 is 0 Å². The molecule has 0 saturated carbocycles. The van der Waals surface area contributed by atoms with E-state index in [0.29, 0.717) is 5.56 Å². The molecule has 6 nitrogen and oxygen atoms in total. The van der Waals surface area contributed by atoms with Crippen LogP contribution in [0.1, 0.15) is 21.6 Å². The van der Waals surface area contributed by atoms with E-state index >= 15 is 0 Å². The second kappa shape index (κ2) is 3.89. The summed E-state index contributed by atoms with van der Waals surface area (Å²) in [5.41, 5.74) is 1.19. The van der Waals surface area contributed by atoms with Gasteiger partial charge in [-0.2, -0.15) is 0 Å². The third-order valence-electron chi connectivity index (χ3n) is 2.59.